The van der Waals surface area contributed by atoms with E-state index in [9.17, 15) is 0 Å². The molecule has 0 N–H and O–H groups in total. The van der Waals surface area contributed by atoms with Crippen LogP contribution in [0.3, 0.4) is 0 Å². The van der Waals surface area contributed by atoms with Crippen molar-refractivity contribution in [3.63, 3.8) is 0 Å². The standard InChI is InChI=1S/C20H22O2/c1-13-8-4-6-10-15(13)18-16-11-7-5-9-14(16)12-17-19(18)22-20(2,3)21-17/h4-11,17-19H,12H2,1-3H3. The van der Waals surface area contributed by atoms with Crippen LogP contribution in [0, 0.1) is 6.92 Å². The summed E-state index contributed by atoms with van der Waals surface area (Å²) in [5, 5.41) is 0. The van der Waals surface area contributed by atoms with Gasteiger partial charge in [-0.3, -0.25) is 0 Å². The van der Waals surface area contributed by atoms with Gasteiger partial charge < -0.3 is 9.47 Å². The molecule has 3 atom stereocenters. The zero-order valence-corrected chi connectivity index (χ0v) is 13.4. The number of hydrogen-bond acceptors (Lipinski definition) is 2. The molecule has 2 aromatic carbocycles. The Hall–Kier alpha value is -1.64. The highest BCUT2D eigenvalue weighted by Crippen LogP contribution is 2.46. The SMILES string of the molecule is Cc1ccccc1C1c2ccccc2CC2OC(C)(C)OC21. The largest absolute Gasteiger partial charge is 0.344 e. The fraction of sp³-hybridized carbons (Fsp3) is 0.400. The molecule has 0 radical (unpaired) electrons. The van der Waals surface area contributed by atoms with Crippen LogP contribution in [0.15, 0.2) is 48.5 Å². The quantitative estimate of drug-likeness (QED) is 0.784. The first-order chi connectivity index (χ1) is 10.6. The van der Waals surface area contributed by atoms with Crippen molar-refractivity contribution in [2.75, 3.05) is 0 Å². The molecule has 114 valence electrons. The van der Waals surface area contributed by atoms with Crippen LogP contribution in [0.25, 0.3) is 0 Å². The Labute approximate surface area is 132 Å². The fourth-order valence-electron chi connectivity index (χ4n) is 4.00. The van der Waals surface area contributed by atoms with Crippen molar-refractivity contribution >= 4 is 0 Å². The van der Waals surface area contributed by atoms with E-state index in [0.717, 1.165) is 6.42 Å². The lowest BCUT2D eigenvalue weighted by atomic mass is 9.74. The second kappa shape index (κ2) is 4.94. The van der Waals surface area contributed by atoms with Gasteiger partial charge in [0.15, 0.2) is 5.79 Å². The highest BCUT2D eigenvalue weighted by Gasteiger charge is 2.49. The third-order valence-corrected chi connectivity index (χ3v) is 4.88. The van der Waals surface area contributed by atoms with Crippen LogP contribution in [-0.4, -0.2) is 18.0 Å². The van der Waals surface area contributed by atoms with Gasteiger partial charge in [0, 0.05) is 12.3 Å². The summed E-state index contributed by atoms with van der Waals surface area (Å²) in [5.41, 5.74) is 5.44. The predicted molar refractivity (Wildman–Crippen MR) is 87.0 cm³/mol. The first-order valence-corrected chi connectivity index (χ1v) is 8.04. The molecule has 0 bridgehead atoms. The molecular formula is C20H22O2. The molecule has 3 unspecified atom stereocenters. The lowest BCUT2D eigenvalue weighted by molar-refractivity contribution is -0.146. The number of fused-ring (bicyclic) bond motifs is 2. The van der Waals surface area contributed by atoms with E-state index in [1.807, 2.05) is 13.8 Å². The zero-order valence-electron chi connectivity index (χ0n) is 13.4. The van der Waals surface area contributed by atoms with Crippen LogP contribution in [-0.2, 0) is 15.9 Å². The van der Waals surface area contributed by atoms with E-state index in [-0.39, 0.29) is 18.1 Å². The van der Waals surface area contributed by atoms with E-state index < -0.39 is 5.79 Å². The lowest BCUT2D eigenvalue weighted by Crippen LogP contribution is -2.37. The summed E-state index contributed by atoms with van der Waals surface area (Å²) >= 11 is 0. The molecule has 2 heteroatoms. The highest BCUT2D eigenvalue weighted by molar-refractivity contribution is 5.45. The van der Waals surface area contributed by atoms with Gasteiger partial charge in [-0.05, 0) is 43.0 Å². The van der Waals surface area contributed by atoms with E-state index in [0.29, 0.717) is 0 Å². The van der Waals surface area contributed by atoms with E-state index in [1.54, 1.807) is 0 Å². The first-order valence-electron chi connectivity index (χ1n) is 8.04. The average molecular weight is 294 g/mol. The maximum Gasteiger partial charge on any atom is 0.163 e. The Morgan fingerprint density at radius 1 is 0.909 bits per heavy atom. The third kappa shape index (κ3) is 2.18. The minimum atomic E-state index is -0.502. The Balaban J connectivity index is 1.87. The summed E-state index contributed by atoms with van der Waals surface area (Å²) < 4.78 is 12.5. The molecule has 1 fully saturated rings. The number of hydrogen-bond donors (Lipinski definition) is 0. The van der Waals surface area contributed by atoms with E-state index >= 15 is 0 Å². The van der Waals surface area contributed by atoms with Crippen molar-refractivity contribution in [1.82, 2.24) is 0 Å². The zero-order chi connectivity index (χ0) is 15.3. The normalized spacial score (nSPS) is 29.0. The first kappa shape index (κ1) is 14.0. The molecule has 2 nitrogen and oxygen atoms in total. The third-order valence-electron chi connectivity index (χ3n) is 4.88. The Morgan fingerprint density at radius 2 is 1.59 bits per heavy atom. The van der Waals surface area contributed by atoms with Gasteiger partial charge in [0.2, 0.25) is 0 Å². The van der Waals surface area contributed by atoms with Gasteiger partial charge in [0.25, 0.3) is 0 Å². The van der Waals surface area contributed by atoms with Crippen molar-refractivity contribution in [2.45, 2.75) is 51.1 Å². The topological polar surface area (TPSA) is 18.5 Å². The van der Waals surface area contributed by atoms with Gasteiger partial charge in [-0.25, -0.2) is 0 Å². The van der Waals surface area contributed by atoms with E-state index in [1.165, 1.54) is 22.3 Å². The highest BCUT2D eigenvalue weighted by atomic mass is 16.8. The molecule has 22 heavy (non-hydrogen) atoms. The van der Waals surface area contributed by atoms with Gasteiger partial charge in [-0.1, -0.05) is 48.5 Å². The van der Waals surface area contributed by atoms with Gasteiger partial charge in [-0.15, -0.1) is 0 Å². The molecule has 1 saturated heterocycles. The lowest BCUT2D eigenvalue weighted by Gasteiger charge is -2.34. The maximum absolute atomic E-state index is 6.31. The van der Waals surface area contributed by atoms with Crippen LogP contribution in [0.2, 0.25) is 0 Å². The van der Waals surface area contributed by atoms with Crippen molar-refractivity contribution in [3.8, 4) is 0 Å². The summed E-state index contributed by atoms with van der Waals surface area (Å²) in [6.45, 7) is 6.22. The predicted octanol–water partition coefficient (Wildman–Crippen LogP) is 4.20. The summed E-state index contributed by atoms with van der Waals surface area (Å²) in [6, 6.07) is 17.4. The molecule has 2 aliphatic rings. The van der Waals surface area contributed by atoms with E-state index in [4.69, 9.17) is 9.47 Å². The Morgan fingerprint density at radius 3 is 2.36 bits per heavy atom. The molecule has 1 aliphatic heterocycles. The molecule has 0 amide bonds. The summed E-state index contributed by atoms with van der Waals surface area (Å²) in [4.78, 5) is 0. The second-order valence-corrected chi connectivity index (χ2v) is 6.88. The van der Waals surface area contributed by atoms with Crippen LogP contribution >= 0.6 is 0 Å². The molecule has 0 aromatic heterocycles. The minimum absolute atomic E-state index is 0.0889. The van der Waals surface area contributed by atoms with Crippen LogP contribution < -0.4 is 0 Å². The number of benzene rings is 2. The maximum atomic E-state index is 6.31. The molecule has 1 aliphatic carbocycles. The molecular weight excluding hydrogens is 272 g/mol. The van der Waals surface area contributed by atoms with Gasteiger partial charge in [0.05, 0.1) is 12.2 Å². The number of ether oxygens (including phenoxy) is 2. The van der Waals surface area contributed by atoms with Crippen LogP contribution in [0.1, 0.15) is 42.0 Å². The summed E-state index contributed by atoms with van der Waals surface area (Å²) in [6.07, 6.45) is 1.16. The molecule has 1 heterocycles. The van der Waals surface area contributed by atoms with Gasteiger partial charge >= 0.3 is 0 Å². The minimum Gasteiger partial charge on any atom is -0.344 e. The van der Waals surface area contributed by atoms with Crippen LogP contribution in [0.5, 0.6) is 0 Å². The average Bonchev–Trinajstić information content (AvgIpc) is 2.79. The second-order valence-electron chi connectivity index (χ2n) is 6.88. The molecule has 2 aromatic rings. The van der Waals surface area contributed by atoms with Crippen molar-refractivity contribution < 1.29 is 9.47 Å². The van der Waals surface area contributed by atoms with Crippen molar-refractivity contribution in [1.29, 1.82) is 0 Å². The van der Waals surface area contributed by atoms with Gasteiger partial charge in [-0.2, -0.15) is 0 Å². The van der Waals surface area contributed by atoms with E-state index in [2.05, 4.69) is 55.5 Å². The van der Waals surface area contributed by atoms with Gasteiger partial charge in [0.1, 0.15) is 0 Å². The number of aryl methyl sites for hydroxylation is 1. The van der Waals surface area contributed by atoms with Crippen molar-refractivity contribution in [2.24, 2.45) is 0 Å². The Kier molecular flexibility index (Phi) is 3.14. The molecule has 4 rings (SSSR count). The number of rotatable bonds is 1. The van der Waals surface area contributed by atoms with Crippen molar-refractivity contribution in [3.05, 3.63) is 70.8 Å². The van der Waals surface area contributed by atoms with Crippen LogP contribution in [0.4, 0.5) is 0 Å². The fourth-order valence-corrected chi connectivity index (χ4v) is 4.00. The molecule has 0 spiro atoms. The molecule has 0 saturated carbocycles. The monoisotopic (exact) mass is 294 g/mol. The summed E-state index contributed by atoms with van der Waals surface area (Å²) in [7, 11) is 0. The Bertz CT molecular complexity index is 704. The smallest absolute Gasteiger partial charge is 0.163 e. The summed E-state index contributed by atoms with van der Waals surface area (Å²) in [5.74, 6) is -0.254.